The summed E-state index contributed by atoms with van der Waals surface area (Å²) >= 11 is 3.37. The smallest absolute Gasteiger partial charge is 0.119 e. The zero-order chi connectivity index (χ0) is 12.0. The molecule has 1 aromatic carbocycles. The molecule has 3 nitrogen and oxygen atoms in total. The van der Waals surface area contributed by atoms with Crippen molar-refractivity contribution in [3.05, 3.63) is 28.7 Å². The average molecular weight is 283 g/mol. The van der Waals surface area contributed by atoms with Gasteiger partial charge in [0, 0.05) is 11.0 Å². The van der Waals surface area contributed by atoms with Crippen molar-refractivity contribution < 1.29 is 4.74 Å². The van der Waals surface area contributed by atoms with Crippen LogP contribution >= 0.6 is 15.9 Å². The van der Waals surface area contributed by atoms with Gasteiger partial charge in [-0.2, -0.15) is 5.26 Å². The lowest BCUT2D eigenvalue weighted by Crippen LogP contribution is -2.31. The van der Waals surface area contributed by atoms with Crippen LogP contribution in [-0.2, 0) is 0 Å². The Morgan fingerprint density at radius 3 is 2.62 bits per heavy atom. The third-order valence-electron chi connectivity index (χ3n) is 2.37. The number of likely N-dealkylation sites (N-methyl/N-ethyl adjacent to an activating group) is 1. The Morgan fingerprint density at radius 1 is 1.44 bits per heavy atom. The van der Waals surface area contributed by atoms with Gasteiger partial charge in [0.05, 0.1) is 12.1 Å². The second-order valence-corrected chi connectivity index (χ2v) is 4.50. The maximum Gasteiger partial charge on any atom is 0.119 e. The van der Waals surface area contributed by atoms with E-state index >= 15 is 0 Å². The molecule has 1 unspecified atom stereocenters. The van der Waals surface area contributed by atoms with E-state index in [1.165, 1.54) is 0 Å². The van der Waals surface area contributed by atoms with Crippen LogP contribution in [0.3, 0.4) is 0 Å². The highest BCUT2D eigenvalue weighted by molar-refractivity contribution is 9.10. The minimum atomic E-state index is -0.0754. The van der Waals surface area contributed by atoms with E-state index in [1.807, 2.05) is 43.1 Å². The number of halogens is 1. The van der Waals surface area contributed by atoms with Gasteiger partial charge in [-0.1, -0.05) is 15.9 Å². The van der Waals surface area contributed by atoms with Gasteiger partial charge in [-0.05, 0) is 38.2 Å². The summed E-state index contributed by atoms with van der Waals surface area (Å²) in [6.45, 7) is 3.20. The van der Waals surface area contributed by atoms with Gasteiger partial charge in [0.2, 0.25) is 0 Å². The van der Waals surface area contributed by atoms with Gasteiger partial charge < -0.3 is 4.74 Å². The van der Waals surface area contributed by atoms with Crippen molar-refractivity contribution in [2.75, 3.05) is 20.2 Å². The van der Waals surface area contributed by atoms with E-state index in [9.17, 15) is 0 Å². The fourth-order valence-corrected chi connectivity index (χ4v) is 1.39. The molecular weight excluding hydrogens is 268 g/mol. The van der Waals surface area contributed by atoms with Gasteiger partial charge in [0.15, 0.2) is 0 Å². The van der Waals surface area contributed by atoms with Crippen molar-refractivity contribution in [2.24, 2.45) is 0 Å². The predicted molar refractivity (Wildman–Crippen MR) is 67.3 cm³/mol. The molecule has 1 atom stereocenters. The molecule has 0 N–H and O–H groups in total. The molecule has 0 heterocycles. The van der Waals surface area contributed by atoms with Crippen LogP contribution in [0.1, 0.15) is 6.92 Å². The largest absolute Gasteiger partial charge is 0.492 e. The highest BCUT2D eigenvalue weighted by Crippen LogP contribution is 2.15. The molecule has 0 spiro atoms. The molecule has 1 rings (SSSR count). The minimum absolute atomic E-state index is 0.0754. The first-order chi connectivity index (χ1) is 7.63. The zero-order valence-electron chi connectivity index (χ0n) is 9.48. The molecule has 0 amide bonds. The molecule has 0 aliphatic carbocycles. The Hall–Kier alpha value is -1.05. The van der Waals surface area contributed by atoms with Crippen LogP contribution in [0.15, 0.2) is 28.7 Å². The first-order valence-corrected chi connectivity index (χ1v) is 5.91. The Morgan fingerprint density at radius 2 is 2.06 bits per heavy atom. The SMILES string of the molecule is CC(C#N)N(C)CCOc1ccc(Br)cc1. The minimum Gasteiger partial charge on any atom is -0.492 e. The third kappa shape index (κ3) is 4.21. The standard InChI is InChI=1S/C12H15BrN2O/c1-10(9-14)15(2)7-8-16-12-5-3-11(13)4-6-12/h3-6,10H,7-8H2,1-2H3. The van der Waals surface area contributed by atoms with Crippen LogP contribution < -0.4 is 4.74 Å². The average Bonchev–Trinajstić information content (AvgIpc) is 2.30. The molecule has 0 saturated carbocycles. The van der Waals surface area contributed by atoms with E-state index in [1.54, 1.807) is 0 Å². The van der Waals surface area contributed by atoms with Crippen molar-refractivity contribution in [3.63, 3.8) is 0 Å². The Labute approximate surface area is 105 Å². The molecule has 86 valence electrons. The van der Waals surface area contributed by atoms with Crippen molar-refractivity contribution in [3.8, 4) is 11.8 Å². The van der Waals surface area contributed by atoms with E-state index in [-0.39, 0.29) is 6.04 Å². The molecule has 0 fully saturated rings. The first-order valence-electron chi connectivity index (χ1n) is 5.11. The molecule has 0 saturated heterocycles. The Bertz CT molecular complexity index is 358. The molecule has 0 aliphatic rings. The van der Waals surface area contributed by atoms with Crippen molar-refractivity contribution >= 4 is 15.9 Å². The van der Waals surface area contributed by atoms with Crippen LogP contribution in [0.5, 0.6) is 5.75 Å². The summed E-state index contributed by atoms with van der Waals surface area (Å²) in [7, 11) is 1.92. The van der Waals surface area contributed by atoms with Crippen LogP contribution in [0.4, 0.5) is 0 Å². The van der Waals surface area contributed by atoms with E-state index in [4.69, 9.17) is 10.00 Å². The second kappa shape index (κ2) is 6.51. The zero-order valence-corrected chi connectivity index (χ0v) is 11.1. The quantitative estimate of drug-likeness (QED) is 0.833. The fraction of sp³-hybridized carbons (Fsp3) is 0.417. The van der Waals surface area contributed by atoms with E-state index < -0.39 is 0 Å². The topological polar surface area (TPSA) is 36.3 Å². The van der Waals surface area contributed by atoms with Crippen LogP contribution in [0.25, 0.3) is 0 Å². The van der Waals surface area contributed by atoms with Crippen molar-refractivity contribution in [2.45, 2.75) is 13.0 Å². The Balaban J connectivity index is 2.31. The predicted octanol–water partition coefficient (Wildman–Crippen LogP) is 2.67. The van der Waals surface area contributed by atoms with Crippen molar-refractivity contribution in [1.29, 1.82) is 5.26 Å². The lowest BCUT2D eigenvalue weighted by molar-refractivity contribution is 0.222. The van der Waals surface area contributed by atoms with E-state index in [0.717, 1.165) is 16.8 Å². The molecule has 0 aliphatic heterocycles. The maximum atomic E-state index is 8.71. The second-order valence-electron chi connectivity index (χ2n) is 3.59. The number of hydrogen-bond donors (Lipinski definition) is 0. The van der Waals surface area contributed by atoms with Gasteiger partial charge in [0.1, 0.15) is 12.4 Å². The summed E-state index contributed by atoms with van der Waals surface area (Å²) in [6, 6.07) is 9.82. The number of nitriles is 1. The summed E-state index contributed by atoms with van der Waals surface area (Å²) in [5, 5.41) is 8.71. The summed E-state index contributed by atoms with van der Waals surface area (Å²) in [4.78, 5) is 1.96. The number of ether oxygens (including phenoxy) is 1. The number of nitrogens with zero attached hydrogens (tertiary/aromatic N) is 2. The summed E-state index contributed by atoms with van der Waals surface area (Å²) in [5.41, 5.74) is 0. The number of rotatable bonds is 5. The van der Waals surface area contributed by atoms with Crippen molar-refractivity contribution in [1.82, 2.24) is 4.90 Å². The van der Waals surface area contributed by atoms with Gasteiger partial charge in [0.25, 0.3) is 0 Å². The lowest BCUT2D eigenvalue weighted by Gasteiger charge is -2.18. The van der Waals surface area contributed by atoms with Gasteiger partial charge in [-0.3, -0.25) is 4.90 Å². The molecule has 0 aromatic heterocycles. The molecule has 1 aromatic rings. The van der Waals surface area contributed by atoms with E-state index in [0.29, 0.717) is 6.61 Å². The maximum absolute atomic E-state index is 8.71. The number of benzene rings is 1. The Kier molecular flexibility index (Phi) is 5.30. The summed E-state index contributed by atoms with van der Waals surface area (Å²) in [5.74, 6) is 0.848. The van der Waals surface area contributed by atoms with Gasteiger partial charge in [-0.25, -0.2) is 0 Å². The van der Waals surface area contributed by atoms with Gasteiger partial charge >= 0.3 is 0 Å². The normalized spacial score (nSPS) is 12.2. The van der Waals surface area contributed by atoms with Crippen LogP contribution in [-0.4, -0.2) is 31.1 Å². The van der Waals surface area contributed by atoms with Crippen LogP contribution in [0, 0.1) is 11.3 Å². The van der Waals surface area contributed by atoms with E-state index in [2.05, 4.69) is 22.0 Å². The van der Waals surface area contributed by atoms with Gasteiger partial charge in [-0.15, -0.1) is 0 Å². The summed E-state index contributed by atoms with van der Waals surface area (Å²) < 4.78 is 6.59. The molecule has 0 bridgehead atoms. The summed E-state index contributed by atoms with van der Waals surface area (Å²) in [6.07, 6.45) is 0. The molecule has 4 heteroatoms. The van der Waals surface area contributed by atoms with Crippen LogP contribution in [0.2, 0.25) is 0 Å². The monoisotopic (exact) mass is 282 g/mol. The number of hydrogen-bond acceptors (Lipinski definition) is 3. The highest BCUT2D eigenvalue weighted by atomic mass is 79.9. The molecule has 16 heavy (non-hydrogen) atoms. The third-order valence-corrected chi connectivity index (χ3v) is 2.90. The molecule has 0 radical (unpaired) electrons. The fourth-order valence-electron chi connectivity index (χ4n) is 1.13. The molecular formula is C12H15BrN2O. The lowest BCUT2D eigenvalue weighted by atomic mass is 10.3. The first kappa shape index (κ1) is 13.0. The highest BCUT2D eigenvalue weighted by Gasteiger charge is 2.06.